The number of ether oxygens (including phenoxy) is 3. The number of sulfonamides is 1. The molecule has 2 aromatic carbocycles. The molecule has 2 heterocycles. The van der Waals surface area contributed by atoms with E-state index >= 15 is 0 Å². The molecular formula is C40H49N5O9S. The van der Waals surface area contributed by atoms with Crippen LogP contribution in [0.4, 0.5) is 4.79 Å². The Morgan fingerprint density at radius 3 is 2.36 bits per heavy atom. The van der Waals surface area contributed by atoms with Crippen LogP contribution in [-0.2, 0) is 29.1 Å². The fourth-order valence-corrected chi connectivity index (χ4v) is 8.22. The summed E-state index contributed by atoms with van der Waals surface area (Å²) in [6.07, 6.45) is 1.05. The van der Waals surface area contributed by atoms with Gasteiger partial charge in [0.2, 0.25) is 21.8 Å². The zero-order valence-corrected chi connectivity index (χ0v) is 32.8. The average molecular weight is 776 g/mol. The fourth-order valence-electron chi connectivity index (χ4n) is 6.86. The lowest BCUT2D eigenvalue weighted by Crippen LogP contribution is -2.59. The predicted octanol–water partition coefficient (Wildman–Crippen LogP) is 4.48. The van der Waals surface area contributed by atoms with Crippen molar-refractivity contribution in [2.45, 2.75) is 94.9 Å². The molecule has 0 radical (unpaired) electrons. The molecule has 15 heteroatoms. The SMILES string of the molecule is C=CC1CC1(NC(=O)C1CC(Oc2cc(-c3ccccc3)nc3cc(OC)ccc23)CN1C(=O)C(NC(=O)OC(C)(C)C)C(C)C)C(=O)NS(=O)(=O)C1CC1. The third-order valence-corrected chi connectivity index (χ3v) is 11.9. The van der Waals surface area contributed by atoms with Crippen molar-refractivity contribution >= 4 is 44.7 Å². The second-order valence-corrected chi connectivity index (χ2v) is 17.7. The summed E-state index contributed by atoms with van der Waals surface area (Å²) >= 11 is 0. The lowest BCUT2D eigenvalue weighted by molar-refractivity contribution is -0.141. The summed E-state index contributed by atoms with van der Waals surface area (Å²) < 4.78 is 45.2. The normalized spacial score (nSPS) is 22.7. The van der Waals surface area contributed by atoms with Gasteiger partial charge in [-0.1, -0.05) is 50.3 Å². The Hall–Kier alpha value is -5.18. The molecule has 1 aromatic heterocycles. The summed E-state index contributed by atoms with van der Waals surface area (Å²) in [6, 6.07) is 14.5. The van der Waals surface area contributed by atoms with E-state index in [0.717, 1.165) is 5.56 Å². The number of nitrogens with zero attached hydrogens (tertiary/aromatic N) is 2. The van der Waals surface area contributed by atoms with Crippen molar-refractivity contribution in [1.29, 1.82) is 0 Å². The Morgan fingerprint density at radius 1 is 1.05 bits per heavy atom. The number of alkyl carbamates (subject to hydrolysis) is 1. The maximum absolute atomic E-state index is 14.4. The Kier molecular flexibility index (Phi) is 10.9. The van der Waals surface area contributed by atoms with Crippen molar-refractivity contribution in [2.24, 2.45) is 11.8 Å². The van der Waals surface area contributed by atoms with E-state index in [-0.39, 0.29) is 19.4 Å². The zero-order valence-electron chi connectivity index (χ0n) is 32.0. The molecule has 5 unspecified atom stereocenters. The van der Waals surface area contributed by atoms with Crippen LogP contribution in [0.1, 0.15) is 60.3 Å². The molecule has 0 bridgehead atoms. The lowest BCUT2D eigenvalue weighted by atomic mass is 10.0. The number of hydrogen-bond donors (Lipinski definition) is 3. The molecule has 0 spiro atoms. The van der Waals surface area contributed by atoms with Gasteiger partial charge in [-0.15, -0.1) is 6.58 Å². The van der Waals surface area contributed by atoms with Crippen molar-refractivity contribution < 1.29 is 41.8 Å². The van der Waals surface area contributed by atoms with Crippen LogP contribution in [0.3, 0.4) is 0 Å². The number of aromatic nitrogens is 1. The minimum Gasteiger partial charge on any atom is -0.497 e. The summed E-state index contributed by atoms with van der Waals surface area (Å²) in [5.74, 6) is -1.94. The zero-order chi connectivity index (χ0) is 39.9. The molecule has 3 N–H and O–H groups in total. The van der Waals surface area contributed by atoms with Crippen molar-refractivity contribution in [2.75, 3.05) is 13.7 Å². The van der Waals surface area contributed by atoms with Crippen LogP contribution >= 0.6 is 0 Å². The van der Waals surface area contributed by atoms with Crippen LogP contribution in [0.5, 0.6) is 11.5 Å². The third kappa shape index (κ3) is 8.71. The molecule has 3 aromatic rings. The van der Waals surface area contributed by atoms with Gasteiger partial charge in [0.1, 0.15) is 40.8 Å². The Bertz CT molecular complexity index is 2100. The van der Waals surface area contributed by atoms with Gasteiger partial charge in [0, 0.05) is 35.4 Å². The molecule has 1 saturated heterocycles. The quantitative estimate of drug-likeness (QED) is 0.210. The lowest BCUT2D eigenvalue weighted by Gasteiger charge is -2.31. The standard InChI is InChI=1S/C40H49N5O9S/c1-8-25-21-40(25,37(48)44-55(50,51)28-15-16-28)43-35(46)32-19-27(22-45(32)36(47)34(23(2)3)42-38(49)54-39(4,5)6)53-33-20-30(24-12-10-9-11-13-24)41-31-18-26(52-7)14-17-29(31)33/h8-14,17-18,20,23,25,27-28,32,34H,1,15-16,19,21-22H2,2-7H3,(H,42,49)(H,43,46)(H,44,48). The number of likely N-dealkylation sites (tertiary alicyclic amines) is 1. The summed E-state index contributed by atoms with van der Waals surface area (Å²) in [5.41, 5.74) is -0.301. The minimum atomic E-state index is -3.91. The smallest absolute Gasteiger partial charge is 0.408 e. The average Bonchev–Trinajstić information content (AvgIpc) is 4.06. The highest BCUT2D eigenvalue weighted by molar-refractivity contribution is 7.91. The summed E-state index contributed by atoms with van der Waals surface area (Å²) in [6.45, 7) is 12.4. The maximum atomic E-state index is 14.4. The topological polar surface area (TPSA) is 182 Å². The fraction of sp³-hybridized carbons (Fsp3) is 0.475. The van der Waals surface area contributed by atoms with Gasteiger partial charge in [0.25, 0.3) is 5.91 Å². The van der Waals surface area contributed by atoms with Gasteiger partial charge in [-0.05, 0) is 58.1 Å². The predicted molar refractivity (Wildman–Crippen MR) is 206 cm³/mol. The number of nitrogens with one attached hydrogen (secondary N) is 3. The molecule has 4 amide bonds. The van der Waals surface area contributed by atoms with Gasteiger partial charge in [-0.25, -0.2) is 18.2 Å². The van der Waals surface area contributed by atoms with Crippen molar-refractivity contribution in [1.82, 2.24) is 25.2 Å². The van der Waals surface area contributed by atoms with Crippen LogP contribution < -0.4 is 24.8 Å². The highest BCUT2D eigenvalue weighted by Crippen LogP contribution is 2.45. The molecule has 2 aliphatic carbocycles. The molecule has 3 fully saturated rings. The number of methoxy groups -OCH3 is 1. The number of hydrogen-bond acceptors (Lipinski definition) is 10. The van der Waals surface area contributed by atoms with E-state index in [1.165, 1.54) is 11.0 Å². The van der Waals surface area contributed by atoms with Crippen LogP contribution in [-0.4, -0.2) is 90.3 Å². The molecule has 2 saturated carbocycles. The first kappa shape index (κ1) is 39.5. The van der Waals surface area contributed by atoms with Gasteiger partial charge in [-0.2, -0.15) is 0 Å². The van der Waals surface area contributed by atoms with Crippen LogP contribution in [0.15, 0.2) is 67.3 Å². The molecule has 6 rings (SSSR count). The van der Waals surface area contributed by atoms with E-state index in [0.29, 0.717) is 40.9 Å². The number of carbonyl (C=O) groups is 4. The highest BCUT2D eigenvalue weighted by Gasteiger charge is 2.62. The third-order valence-electron chi connectivity index (χ3n) is 10.0. The molecule has 5 atom stereocenters. The highest BCUT2D eigenvalue weighted by atomic mass is 32.2. The number of pyridine rings is 1. The van der Waals surface area contributed by atoms with Crippen molar-refractivity contribution in [3.05, 3.63) is 67.3 Å². The van der Waals surface area contributed by atoms with Gasteiger partial charge < -0.3 is 29.7 Å². The van der Waals surface area contributed by atoms with Gasteiger partial charge >= 0.3 is 6.09 Å². The second kappa shape index (κ2) is 15.2. The monoisotopic (exact) mass is 775 g/mol. The first-order chi connectivity index (χ1) is 25.9. The number of benzene rings is 2. The van der Waals surface area contributed by atoms with E-state index in [9.17, 15) is 27.6 Å². The molecule has 14 nitrogen and oxygen atoms in total. The van der Waals surface area contributed by atoms with Crippen LogP contribution in [0.25, 0.3) is 22.2 Å². The summed E-state index contributed by atoms with van der Waals surface area (Å²) in [7, 11) is -2.34. The van der Waals surface area contributed by atoms with E-state index in [1.807, 2.05) is 42.5 Å². The number of carbonyl (C=O) groups excluding carboxylic acids is 4. The van der Waals surface area contributed by atoms with Crippen molar-refractivity contribution in [3.8, 4) is 22.8 Å². The molecule has 1 aliphatic heterocycles. The molecule has 3 aliphatic rings. The Labute approximate surface area is 321 Å². The van der Waals surface area contributed by atoms with E-state index < -0.39 is 80.3 Å². The van der Waals surface area contributed by atoms with E-state index in [4.69, 9.17) is 19.2 Å². The number of amides is 4. The van der Waals surface area contributed by atoms with Gasteiger partial charge in [0.05, 0.1) is 30.1 Å². The van der Waals surface area contributed by atoms with E-state index in [1.54, 1.807) is 53.9 Å². The van der Waals surface area contributed by atoms with Crippen molar-refractivity contribution in [3.63, 3.8) is 0 Å². The van der Waals surface area contributed by atoms with E-state index in [2.05, 4.69) is 21.9 Å². The molecule has 294 valence electrons. The first-order valence-electron chi connectivity index (χ1n) is 18.5. The number of rotatable bonds is 13. The molecular weight excluding hydrogens is 727 g/mol. The summed E-state index contributed by atoms with van der Waals surface area (Å²) in [5, 5.41) is 5.51. The van der Waals surface area contributed by atoms with Gasteiger partial charge in [-0.3, -0.25) is 19.1 Å². The first-order valence-corrected chi connectivity index (χ1v) is 20.0. The Morgan fingerprint density at radius 2 is 1.76 bits per heavy atom. The van der Waals surface area contributed by atoms with Crippen LogP contribution in [0.2, 0.25) is 0 Å². The maximum Gasteiger partial charge on any atom is 0.408 e. The minimum absolute atomic E-state index is 0.0201. The van der Waals surface area contributed by atoms with Crippen LogP contribution in [0, 0.1) is 11.8 Å². The molecule has 55 heavy (non-hydrogen) atoms. The number of fused-ring (bicyclic) bond motifs is 1. The summed E-state index contributed by atoms with van der Waals surface area (Å²) in [4.78, 5) is 61.5. The second-order valence-electron chi connectivity index (χ2n) is 15.8. The largest absolute Gasteiger partial charge is 0.497 e. The Balaban J connectivity index is 1.33. The van der Waals surface area contributed by atoms with Gasteiger partial charge in [0.15, 0.2) is 0 Å².